The van der Waals surface area contributed by atoms with Crippen LogP contribution in [0.3, 0.4) is 0 Å². The lowest BCUT2D eigenvalue weighted by Gasteiger charge is -2.48. The van der Waals surface area contributed by atoms with Crippen molar-refractivity contribution >= 4 is 29.1 Å². The second kappa shape index (κ2) is 7.22. The molecule has 7 heteroatoms. The molecule has 0 atom stereocenters. The Morgan fingerprint density at radius 1 is 1.20 bits per heavy atom. The fourth-order valence-corrected chi connectivity index (χ4v) is 3.58. The predicted octanol–water partition coefficient (Wildman–Crippen LogP) is 1.63. The van der Waals surface area contributed by atoms with Gasteiger partial charge in [0.2, 0.25) is 11.8 Å². The van der Waals surface area contributed by atoms with Crippen LogP contribution in [0.15, 0.2) is 24.3 Å². The molecule has 0 aliphatic carbocycles. The standard InChI is InChI=1S/C18H24ClN3O3/c1-18(2)13-21(15-5-3-14(19)4-6-15)7-8-22(18)16(23)11-20-9-10-25-12-17(20)24/h3-6H,7-13H2,1-2H3. The molecular formula is C18H24ClN3O3. The van der Waals surface area contributed by atoms with Gasteiger partial charge < -0.3 is 19.4 Å². The van der Waals surface area contributed by atoms with E-state index in [4.69, 9.17) is 16.3 Å². The number of ether oxygens (including phenoxy) is 1. The van der Waals surface area contributed by atoms with Gasteiger partial charge in [-0.2, -0.15) is 0 Å². The highest BCUT2D eigenvalue weighted by Gasteiger charge is 2.37. The molecule has 136 valence electrons. The predicted molar refractivity (Wildman–Crippen MR) is 96.9 cm³/mol. The van der Waals surface area contributed by atoms with Crippen LogP contribution in [-0.2, 0) is 14.3 Å². The van der Waals surface area contributed by atoms with Crippen molar-refractivity contribution in [3.8, 4) is 0 Å². The molecule has 0 spiro atoms. The van der Waals surface area contributed by atoms with Gasteiger partial charge in [0, 0.05) is 36.9 Å². The van der Waals surface area contributed by atoms with Crippen molar-refractivity contribution in [2.45, 2.75) is 19.4 Å². The van der Waals surface area contributed by atoms with Crippen molar-refractivity contribution in [2.75, 3.05) is 50.8 Å². The quantitative estimate of drug-likeness (QED) is 0.817. The Balaban J connectivity index is 1.65. The van der Waals surface area contributed by atoms with Gasteiger partial charge in [-0.25, -0.2) is 0 Å². The Labute approximate surface area is 153 Å². The molecule has 2 heterocycles. The van der Waals surface area contributed by atoms with Gasteiger partial charge in [-0.05, 0) is 38.1 Å². The molecule has 0 radical (unpaired) electrons. The molecule has 2 fully saturated rings. The summed E-state index contributed by atoms with van der Waals surface area (Å²) < 4.78 is 5.12. The molecule has 1 aromatic carbocycles. The van der Waals surface area contributed by atoms with Gasteiger partial charge in [0.25, 0.3) is 0 Å². The number of nitrogens with zero attached hydrogens (tertiary/aromatic N) is 3. The Hall–Kier alpha value is -1.79. The van der Waals surface area contributed by atoms with Crippen LogP contribution in [-0.4, -0.2) is 73.1 Å². The van der Waals surface area contributed by atoms with Gasteiger partial charge in [0.15, 0.2) is 0 Å². The summed E-state index contributed by atoms with van der Waals surface area (Å²) >= 11 is 5.96. The third-order valence-corrected chi connectivity index (χ3v) is 5.06. The van der Waals surface area contributed by atoms with Crippen LogP contribution in [0.25, 0.3) is 0 Å². The number of piperazine rings is 1. The Morgan fingerprint density at radius 3 is 2.56 bits per heavy atom. The van der Waals surface area contributed by atoms with Gasteiger partial charge in [-0.3, -0.25) is 9.59 Å². The zero-order chi connectivity index (χ0) is 18.0. The first kappa shape index (κ1) is 18.0. The minimum atomic E-state index is -0.315. The Morgan fingerprint density at radius 2 is 1.92 bits per heavy atom. The molecule has 1 aromatic rings. The van der Waals surface area contributed by atoms with Crippen molar-refractivity contribution in [2.24, 2.45) is 0 Å². The van der Waals surface area contributed by atoms with E-state index in [1.165, 1.54) is 0 Å². The first-order valence-electron chi connectivity index (χ1n) is 8.53. The number of anilines is 1. The number of amides is 2. The maximum atomic E-state index is 12.8. The molecule has 25 heavy (non-hydrogen) atoms. The molecule has 3 rings (SSSR count). The largest absolute Gasteiger partial charge is 0.370 e. The highest BCUT2D eigenvalue weighted by Crippen LogP contribution is 2.27. The van der Waals surface area contributed by atoms with Crippen molar-refractivity contribution in [1.82, 2.24) is 9.80 Å². The summed E-state index contributed by atoms with van der Waals surface area (Å²) in [4.78, 5) is 30.4. The van der Waals surface area contributed by atoms with Crippen molar-refractivity contribution < 1.29 is 14.3 Å². The first-order chi connectivity index (χ1) is 11.9. The first-order valence-corrected chi connectivity index (χ1v) is 8.91. The summed E-state index contributed by atoms with van der Waals surface area (Å²) in [5.41, 5.74) is 0.789. The second-order valence-electron chi connectivity index (χ2n) is 7.12. The molecule has 2 amide bonds. The zero-order valence-electron chi connectivity index (χ0n) is 14.7. The molecule has 0 unspecified atom stereocenters. The van der Waals surface area contributed by atoms with Crippen LogP contribution in [0.5, 0.6) is 0 Å². The second-order valence-corrected chi connectivity index (χ2v) is 7.56. The number of morpholine rings is 1. The number of hydrogen-bond donors (Lipinski definition) is 0. The van der Waals surface area contributed by atoms with Crippen LogP contribution in [0.1, 0.15) is 13.8 Å². The number of carbonyl (C=O) groups excluding carboxylic acids is 2. The fourth-order valence-electron chi connectivity index (χ4n) is 3.46. The van der Waals surface area contributed by atoms with Gasteiger partial charge in [-0.1, -0.05) is 11.6 Å². The van der Waals surface area contributed by atoms with E-state index in [0.717, 1.165) is 18.8 Å². The Kier molecular flexibility index (Phi) is 5.20. The topological polar surface area (TPSA) is 53.1 Å². The number of carbonyl (C=O) groups is 2. The van der Waals surface area contributed by atoms with Crippen LogP contribution in [0.2, 0.25) is 5.02 Å². The van der Waals surface area contributed by atoms with E-state index in [-0.39, 0.29) is 30.5 Å². The van der Waals surface area contributed by atoms with Crippen molar-refractivity contribution in [1.29, 1.82) is 0 Å². The summed E-state index contributed by atoms with van der Waals surface area (Å²) in [6.45, 7) is 7.43. The molecule has 0 bridgehead atoms. The van der Waals surface area contributed by atoms with Crippen LogP contribution in [0.4, 0.5) is 5.69 Å². The van der Waals surface area contributed by atoms with Crippen molar-refractivity contribution in [3.05, 3.63) is 29.3 Å². The summed E-state index contributed by atoms with van der Waals surface area (Å²) in [6, 6.07) is 7.77. The van der Waals surface area contributed by atoms with Gasteiger partial charge >= 0.3 is 0 Å². The van der Waals surface area contributed by atoms with E-state index in [1.54, 1.807) is 4.90 Å². The number of benzene rings is 1. The smallest absolute Gasteiger partial charge is 0.249 e. The number of halogens is 1. The van der Waals surface area contributed by atoms with E-state index in [0.29, 0.717) is 24.7 Å². The SMILES string of the molecule is CC1(C)CN(c2ccc(Cl)cc2)CCN1C(=O)CN1CCOCC1=O. The molecule has 0 aromatic heterocycles. The van der Waals surface area contributed by atoms with E-state index in [1.807, 2.05) is 29.2 Å². The average molecular weight is 366 g/mol. The maximum absolute atomic E-state index is 12.8. The zero-order valence-corrected chi connectivity index (χ0v) is 15.5. The molecule has 0 N–H and O–H groups in total. The number of rotatable bonds is 3. The van der Waals surface area contributed by atoms with Crippen LogP contribution >= 0.6 is 11.6 Å². The van der Waals surface area contributed by atoms with Crippen molar-refractivity contribution in [3.63, 3.8) is 0 Å². The van der Waals surface area contributed by atoms with E-state index in [9.17, 15) is 9.59 Å². The third kappa shape index (κ3) is 4.07. The lowest BCUT2D eigenvalue weighted by Crippen LogP contribution is -2.63. The summed E-state index contributed by atoms with van der Waals surface area (Å²) in [5, 5.41) is 0.715. The van der Waals surface area contributed by atoms with E-state index in [2.05, 4.69) is 18.7 Å². The van der Waals surface area contributed by atoms with Crippen LogP contribution < -0.4 is 4.90 Å². The fraction of sp³-hybridized carbons (Fsp3) is 0.556. The minimum absolute atomic E-state index is 0.00370. The Bertz CT molecular complexity index is 647. The normalized spacial score (nSPS) is 20.8. The highest BCUT2D eigenvalue weighted by atomic mass is 35.5. The summed E-state index contributed by atoms with van der Waals surface area (Å²) in [6.07, 6.45) is 0. The lowest BCUT2D eigenvalue weighted by atomic mass is 9.98. The lowest BCUT2D eigenvalue weighted by molar-refractivity contribution is -0.150. The monoisotopic (exact) mass is 365 g/mol. The van der Waals surface area contributed by atoms with Gasteiger partial charge in [-0.15, -0.1) is 0 Å². The molecular weight excluding hydrogens is 342 g/mol. The summed E-state index contributed by atoms with van der Waals surface area (Å²) in [5.74, 6) is -0.117. The third-order valence-electron chi connectivity index (χ3n) is 4.80. The van der Waals surface area contributed by atoms with Gasteiger partial charge in [0.1, 0.15) is 6.61 Å². The molecule has 2 aliphatic rings. The molecule has 6 nitrogen and oxygen atoms in total. The van der Waals surface area contributed by atoms with Gasteiger partial charge in [0.05, 0.1) is 18.7 Å². The van der Waals surface area contributed by atoms with E-state index < -0.39 is 0 Å². The van der Waals surface area contributed by atoms with E-state index >= 15 is 0 Å². The highest BCUT2D eigenvalue weighted by molar-refractivity contribution is 6.30. The number of hydrogen-bond acceptors (Lipinski definition) is 4. The summed E-state index contributed by atoms with van der Waals surface area (Å²) in [7, 11) is 0. The maximum Gasteiger partial charge on any atom is 0.249 e. The average Bonchev–Trinajstić information content (AvgIpc) is 2.56. The molecule has 0 saturated carbocycles. The van der Waals surface area contributed by atoms with Crippen LogP contribution in [0, 0.1) is 0 Å². The molecule has 2 aliphatic heterocycles. The minimum Gasteiger partial charge on any atom is -0.370 e. The molecule has 2 saturated heterocycles.